The summed E-state index contributed by atoms with van der Waals surface area (Å²) in [6.07, 6.45) is 2.21. The Labute approximate surface area is 147 Å². The molecule has 1 aromatic carbocycles. The average molecular weight is 341 g/mol. The quantitative estimate of drug-likeness (QED) is 0.747. The molecule has 25 heavy (non-hydrogen) atoms. The Balaban J connectivity index is 1.99. The molecule has 0 bridgehead atoms. The lowest BCUT2D eigenvalue weighted by molar-refractivity contribution is 0.0779. The maximum Gasteiger partial charge on any atom is 0.272 e. The number of hydrogen-bond acceptors (Lipinski definition) is 4. The van der Waals surface area contributed by atoms with Gasteiger partial charge in [0.2, 0.25) is 0 Å². The molecule has 0 fully saturated rings. The molecule has 6 heteroatoms. The van der Waals surface area contributed by atoms with Crippen LogP contribution in [0.4, 0.5) is 0 Å². The highest BCUT2D eigenvalue weighted by atomic mass is 16.5. The Morgan fingerprint density at radius 2 is 1.96 bits per heavy atom. The van der Waals surface area contributed by atoms with Crippen LogP contribution in [0.25, 0.3) is 0 Å². The van der Waals surface area contributed by atoms with Gasteiger partial charge in [-0.05, 0) is 24.1 Å². The maximum absolute atomic E-state index is 12.5. The molecule has 6 nitrogen and oxygen atoms in total. The maximum atomic E-state index is 12.5. The van der Waals surface area contributed by atoms with Crippen LogP contribution >= 0.6 is 0 Å². The Hall–Kier alpha value is -2.73. The minimum Gasteiger partial charge on any atom is -0.385 e. The number of ether oxygens (including phenoxy) is 1. The second kappa shape index (κ2) is 9.54. The molecule has 0 aliphatic carbocycles. The van der Waals surface area contributed by atoms with E-state index in [4.69, 9.17) is 4.74 Å². The minimum atomic E-state index is -0.224. The van der Waals surface area contributed by atoms with E-state index in [-0.39, 0.29) is 17.5 Å². The summed E-state index contributed by atoms with van der Waals surface area (Å²) in [6.45, 7) is 1.59. The number of aromatic nitrogens is 1. The summed E-state index contributed by atoms with van der Waals surface area (Å²) in [5, 5.41) is 2.80. The van der Waals surface area contributed by atoms with Crippen molar-refractivity contribution in [2.75, 3.05) is 27.3 Å². The van der Waals surface area contributed by atoms with E-state index in [2.05, 4.69) is 10.3 Å². The van der Waals surface area contributed by atoms with Gasteiger partial charge < -0.3 is 15.0 Å². The van der Waals surface area contributed by atoms with Gasteiger partial charge in [-0.1, -0.05) is 30.3 Å². The van der Waals surface area contributed by atoms with E-state index < -0.39 is 0 Å². The fourth-order valence-electron chi connectivity index (χ4n) is 2.33. The normalized spacial score (nSPS) is 10.3. The SMILES string of the molecule is COCCCNC(=O)c1ccnc(C(=O)N(C)Cc2ccccc2)c1. The van der Waals surface area contributed by atoms with E-state index in [0.29, 0.717) is 25.3 Å². The van der Waals surface area contributed by atoms with E-state index in [0.717, 1.165) is 12.0 Å². The van der Waals surface area contributed by atoms with Crippen molar-refractivity contribution in [1.29, 1.82) is 0 Å². The molecule has 0 atom stereocenters. The third kappa shape index (κ3) is 5.69. The number of pyridine rings is 1. The van der Waals surface area contributed by atoms with Crippen LogP contribution in [0.5, 0.6) is 0 Å². The summed E-state index contributed by atoms with van der Waals surface area (Å²) in [6, 6.07) is 12.8. The van der Waals surface area contributed by atoms with Crippen LogP contribution in [0.15, 0.2) is 48.7 Å². The second-order valence-electron chi connectivity index (χ2n) is 5.68. The third-order valence-electron chi connectivity index (χ3n) is 3.66. The molecular weight excluding hydrogens is 318 g/mol. The van der Waals surface area contributed by atoms with Gasteiger partial charge in [0.05, 0.1) is 0 Å². The zero-order valence-corrected chi connectivity index (χ0v) is 14.6. The zero-order chi connectivity index (χ0) is 18.1. The molecule has 0 aliphatic heterocycles. The molecule has 0 saturated heterocycles. The van der Waals surface area contributed by atoms with Crippen molar-refractivity contribution < 1.29 is 14.3 Å². The first kappa shape index (κ1) is 18.6. The van der Waals surface area contributed by atoms with E-state index in [1.54, 1.807) is 25.1 Å². The van der Waals surface area contributed by atoms with Crippen LogP contribution in [0, 0.1) is 0 Å². The van der Waals surface area contributed by atoms with E-state index in [1.807, 2.05) is 30.3 Å². The van der Waals surface area contributed by atoms with Gasteiger partial charge in [-0.2, -0.15) is 0 Å². The first-order valence-corrected chi connectivity index (χ1v) is 8.14. The Morgan fingerprint density at radius 1 is 1.20 bits per heavy atom. The van der Waals surface area contributed by atoms with Crippen LogP contribution in [0.1, 0.15) is 32.8 Å². The summed E-state index contributed by atoms with van der Waals surface area (Å²) < 4.78 is 4.94. The molecule has 0 saturated carbocycles. The molecule has 132 valence electrons. The number of carbonyl (C=O) groups excluding carboxylic acids is 2. The molecule has 0 radical (unpaired) electrons. The van der Waals surface area contributed by atoms with Gasteiger partial charge >= 0.3 is 0 Å². The van der Waals surface area contributed by atoms with E-state index in [9.17, 15) is 9.59 Å². The number of nitrogens with zero attached hydrogens (tertiary/aromatic N) is 2. The molecule has 1 heterocycles. The predicted molar refractivity (Wildman–Crippen MR) is 95.3 cm³/mol. The average Bonchev–Trinajstić information content (AvgIpc) is 2.65. The number of methoxy groups -OCH3 is 1. The van der Waals surface area contributed by atoms with Crippen molar-refractivity contribution in [2.24, 2.45) is 0 Å². The van der Waals surface area contributed by atoms with Crippen molar-refractivity contribution in [2.45, 2.75) is 13.0 Å². The predicted octanol–water partition coefficient (Wildman–Crippen LogP) is 2.12. The van der Waals surface area contributed by atoms with Crippen molar-refractivity contribution >= 4 is 11.8 Å². The first-order chi connectivity index (χ1) is 12.1. The highest BCUT2D eigenvalue weighted by Crippen LogP contribution is 2.08. The smallest absolute Gasteiger partial charge is 0.272 e. The van der Waals surface area contributed by atoms with Crippen LogP contribution < -0.4 is 5.32 Å². The number of amides is 2. The lowest BCUT2D eigenvalue weighted by Crippen LogP contribution is -2.28. The molecule has 2 amide bonds. The molecule has 0 unspecified atom stereocenters. The first-order valence-electron chi connectivity index (χ1n) is 8.14. The number of nitrogens with one attached hydrogen (secondary N) is 1. The van der Waals surface area contributed by atoms with Gasteiger partial charge in [-0.25, -0.2) is 0 Å². The number of rotatable bonds is 8. The lowest BCUT2D eigenvalue weighted by atomic mass is 10.2. The fourth-order valence-corrected chi connectivity index (χ4v) is 2.33. The van der Waals surface area contributed by atoms with E-state index in [1.165, 1.54) is 12.3 Å². The van der Waals surface area contributed by atoms with Crippen LogP contribution in [0.3, 0.4) is 0 Å². The van der Waals surface area contributed by atoms with E-state index >= 15 is 0 Å². The Morgan fingerprint density at radius 3 is 2.68 bits per heavy atom. The van der Waals surface area contributed by atoms with Crippen molar-refractivity contribution in [3.8, 4) is 0 Å². The standard InChI is InChI=1S/C19H23N3O3/c1-22(14-15-7-4-3-5-8-15)19(24)17-13-16(9-11-20-17)18(23)21-10-6-12-25-2/h3-5,7-9,11,13H,6,10,12,14H2,1-2H3,(H,21,23). The van der Waals surface area contributed by atoms with Crippen LogP contribution in [0.2, 0.25) is 0 Å². The van der Waals surface area contributed by atoms with Gasteiger partial charge in [0.25, 0.3) is 11.8 Å². The summed E-state index contributed by atoms with van der Waals surface area (Å²) in [7, 11) is 3.34. The van der Waals surface area contributed by atoms with Crippen LogP contribution in [-0.2, 0) is 11.3 Å². The van der Waals surface area contributed by atoms with Gasteiger partial charge in [-0.15, -0.1) is 0 Å². The number of hydrogen-bond donors (Lipinski definition) is 1. The Bertz CT molecular complexity index is 704. The molecule has 0 aliphatic rings. The summed E-state index contributed by atoms with van der Waals surface area (Å²) in [4.78, 5) is 30.4. The van der Waals surface area contributed by atoms with Crippen molar-refractivity contribution in [3.05, 3.63) is 65.5 Å². The summed E-state index contributed by atoms with van der Waals surface area (Å²) >= 11 is 0. The molecule has 0 spiro atoms. The largest absolute Gasteiger partial charge is 0.385 e. The van der Waals surface area contributed by atoms with Gasteiger partial charge in [0.1, 0.15) is 5.69 Å². The number of carbonyl (C=O) groups is 2. The van der Waals surface area contributed by atoms with Gasteiger partial charge in [0.15, 0.2) is 0 Å². The Kier molecular flexibility index (Phi) is 7.10. The van der Waals surface area contributed by atoms with Crippen molar-refractivity contribution in [1.82, 2.24) is 15.2 Å². The van der Waals surface area contributed by atoms with Crippen LogP contribution in [-0.4, -0.2) is 49.0 Å². The molecule has 1 N–H and O–H groups in total. The summed E-state index contributed by atoms with van der Waals surface area (Å²) in [5.41, 5.74) is 1.71. The molecule has 2 rings (SSSR count). The lowest BCUT2D eigenvalue weighted by Gasteiger charge is -2.17. The second-order valence-corrected chi connectivity index (χ2v) is 5.68. The van der Waals surface area contributed by atoms with Gasteiger partial charge in [-0.3, -0.25) is 14.6 Å². The van der Waals surface area contributed by atoms with Crippen molar-refractivity contribution in [3.63, 3.8) is 0 Å². The highest BCUT2D eigenvalue weighted by Gasteiger charge is 2.15. The molecule has 2 aromatic rings. The zero-order valence-electron chi connectivity index (χ0n) is 14.6. The summed E-state index contributed by atoms with van der Waals surface area (Å²) in [5.74, 6) is -0.448. The van der Waals surface area contributed by atoms with Gasteiger partial charge in [0, 0.05) is 45.6 Å². The molecule has 1 aromatic heterocycles. The highest BCUT2D eigenvalue weighted by molar-refractivity contribution is 5.98. The number of benzene rings is 1. The third-order valence-corrected chi connectivity index (χ3v) is 3.66. The monoisotopic (exact) mass is 341 g/mol. The molecular formula is C19H23N3O3. The topological polar surface area (TPSA) is 71.5 Å². The minimum absolute atomic E-state index is 0.224. The fraction of sp³-hybridized carbons (Fsp3) is 0.316.